The van der Waals surface area contributed by atoms with Gasteiger partial charge in [-0.25, -0.2) is 4.99 Å². The van der Waals surface area contributed by atoms with Gasteiger partial charge in [0, 0.05) is 65.6 Å². The number of carbonyl (C=O) groups excluding carboxylic acids is 1. The topological polar surface area (TPSA) is 78.4 Å². The number of halogens is 1. The Morgan fingerprint density at radius 1 is 1.16 bits per heavy atom. The summed E-state index contributed by atoms with van der Waals surface area (Å²) in [5, 5.41) is 6.65. The summed E-state index contributed by atoms with van der Waals surface area (Å²) in [7, 11) is 5.57. The number of anilines is 1. The van der Waals surface area contributed by atoms with Crippen LogP contribution in [0, 0.1) is 5.92 Å². The second kappa shape index (κ2) is 17.0. The molecule has 1 heterocycles. The number of aliphatic imine (C=N–C) groups is 1. The molecule has 182 valence electrons. The van der Waals surface area contributed by atoms with Gasteiger partial charge in [-0.15, -0.1) is 24.0 Å². The van der Waals surface area contributed by atoms with Crippen LogP contribution < -0.4 is 15.5 Å². The van der Waals surface area contributed by atoms with Gasteiger partial charge in [-0.3, -0.25) is 4.79 Å². The van der Waals surface area contributed by atoms with Crippen molar-refractivity contribution in [3.8, 4) is 0 Å². The third-order valence-corrected chi connectivity index (χ3v) is 5.17. The number of hydrogen-bond acceptors (Lipinski definition) is 5. The van der Waals surface area contributed by atoms with Gasteiger partial charge in [0.05, 0.1) is 13.2 Å². The summed E-state index contributed by atoms with van der Waals surface area (Å²) < 4.78 is 11.1. The molecule has 1 unspecified atom stereocenters. The monoisotopic (exact) mass is 561 g/mol. The average Bonchev–Trinajstić information content (AvgIpc) is 3.30. The first-order valence-corrected chi connectivity index (χ1v) is 11.2. The number of para-hydroxylation sites is 1. The first kappa shape index (κ1) is 28.4. The van der Waals surface area contributed by atoms with E-state index in [1.165, 1.54) is 5.69 Å². The van der Waals surface area contributed by atoms with Crippen molar-refractivity contribution in [2.75, 3.05) is 78.6 Å². The van der Waals surface area contributed by atoms with Gasteiger partial charge < -0.3 is 29.9 Å². The van der Waals surface area contributed by atoms with E-state index in [9.17, 15) is 4.79 Å². The van der Waals surface area contributed by atoms with Crippen molar-refractivity contribution < 1.29 is 14.3 Å². The zero-order valence-electron chi connectivity index (χ0n) is 19.7. The number of likely N-dealkylation sites (N-methyl/N-ethyl adjacent to an activating group) is 1. The van der Waals surface area contributed by atoms with E-state index in [0.717, 1.165) is 58.7 Å². The first-order chi connectivity index (χ1) is 15.1. The zero-order valence-corrected chi connectivity index (χ0v) is 22.0. The first-order valence-electron chi connectivity index (χ1n) is 11.2. The number of nitrogens with zero attached hydrogens (tertiary/aromatic N) is 3. The summed E-state index contributed by atoms with van der Waals surface area (Å²) >= 11 is 0. The van der Waals surface area contributed by atoms with Gasteiger partial charge in [-0.05, 0) is 31.4 Å². The number of guanidine groups is 1. The molecular formula is C23H40IN5O3. The van der Waals surface area contributed by atoms with Crippen molar-refractivity contribution in [3.05, 3.63) is 30.3 Å². The van der Waals surface area contributed by atoms with E-state index in [-0.39, 0.29) is 36.4 Å². The van der Waals surface area contributed by atoms with Crippen LogP contribution in [0.15, 0.2) is 35.3 Å². The molecule has 0 spiro atoms. The van der Waals surface area contributed by atoms with Crippen molar-refractivity contribution in [2.45, 2.75) is 19.3 Å². The number of amides is 1. The molecule has 1 amide bonds. The Labute approximate surface area is 210 Å². The van der Waals surface area contributed by atoms with Gasteiger partial charge in [0.15, 0.2) is 5.96 Å². The molecule has 0 radical (unpaired) electrons. The van der Waals surface area contributed by atoms with Crippen molar-refractivity contribution in [1.82, 2.24) is 15.5 Å². The van der Waals surface area contributed by atoms with E-state index < -0.39 is 0 Å². The molecule has 1 saturated heterocycles. The normalized spacial score (nSPS) is 15.7. The predicted molar refractivity (Wildman–Crippen MR) is 141 cm³/mol. The molecule has 1 aliphatic rings. The molecule has 1 aliphatic heterocycles. The Hall–Kier alpha value is -1.59. The van der Waals surface area contributed by atoms with Crippen LogP contribution in [0.25, 0.3) is 0 Å². The standard InChI is InChI=1S/C23H39N5O3.HI/c1-27(2)22(29)17-26-23(25-13-8-15-30-18-20-11-16-31-19-20)24-12-7-14-28(3)21-9-5-4-6-10-21;/h4-6,9-10,20H,7-8,11-19H2,1-3H3,(H2,24,25,26);1H. The highest BCUT2D eigenvalue weighted by atomic mass is 127. The molecule has 8 nitrogen and oxygen atoms in total. The second-order valence-corrected chi connectivity index (χ2v) is 8.08. The molecule has 1 aromatic rings. The highest BCUT2D eigenvalue weighted by molar-refractivity contribution is 14.0. The lowest BCUT2D eigenvalue weighted by Gasteiger charge is -2.20. The Bertz CT molecular complexity index is 654. The highest BCUT2D eigenvalue weighted by Gasteiger charge is 2.15. The largest absolute Gasteiger partial charge is 0.381 e. The lowest BCUT2D eigenvalue weighted by atomic mass is 10.1. The molecular weight excluding hydrogens is 521 g/mol. The molecule has 2 N–H and O–H groups in total. The van der Waals surface area contributed by atoms with Crippen LogP contribution in [0.1, 0.15) is 19.3 Å². The smallest absolute Gasteiger partial charge is 0.243 e. The van der Waals surface area contributed by atoms with Crippen molar-refractivity contribution in [1.29, 1.82) is 0 Å². The van der Waals surface area contributed by atoms with Crippen LogP contribution >= 0.6 is 24.0 Å². The summed E-state index contributed by atoms with van der Waals surface area (Å²) in [4.78, 5) is 20.1. The Morgan fingerprint density at radius 2 is 1.88 bits per heavy atom. The van der Waals surface area contributed by atoms with E-state index >= 15 is 0 Å². The van der Waals surface area contributed by atoms with Crippen LogP contribution in [0.4, 0.5) is 5.69 Å². The highest BCUT2D eigenvalue weighted by Crippen LogP contribution is 2.12. The summed E-state index contributed by atoms with van der Waals surface area (Å²) in [5.74, 6) is 1.19. The molecule has 1 atom stereocenters. The van der Waals surface area contributed by atoms with Crippen molar-refractivity contribution in [2.24, 2.45) is 10.9 Å². The number of nitrogens with one attached hydrogen (secondary N) is 2. The third kappa shape index (κ3) is 11.9. The van der Waals surface area contributed by atoms with E-state index in [4.69, 9.17) is 9.47 Å². The lowest BCUT2D eigenvalue weighted by molar-refractivity contribution is -0.127. The molecule has 0 saturated carbocycles. The number of benzene rings is 1. The fourth-order valence-electron chi connectivity index (χ4n) is 3.14. The maximum absolute atomic E-state index is 11.9. The van der Waals surface area contributed by atoms with E-state index in [1.807, 2.05) is 18.2 Å². The SMILES string of the molecule is CN(C)C(=O)CN=C(NCCCOCC1CCOC1)NCCCN(C)c1ccccc1.I. The Balaban J connectivity index is 0.00000512. The van der Waals surface area contributed by atoms with Crippen molar-refractivity contribution in [3.63, 3.8) is 0 Å². The number of hydrogen-bond donors (Lipinski definition) is 2. The van der Waals surface area contributed by atoms with Crippen LogP contribution in [-0.2, 0) is 14.3 Å². The predicted octanol–water partition coefficient (Wildman–Crippen LogP) is 2.20. The second-order valence-electron chi connectivity index (χ2n) is 8.08. The molecule has 0 aromatic heterocycles. The molecule has 1 fully saturated rings. The molecule has 2 rings (SSSR count). The third-order valence-electron chi connectivity index (χ3n) is 5.17. The van der Waals surface area contributed by atoms with Gasteiger partial charge >= 0.3 is 0 Å². The summed E-state index contributed by atoms with van der Waals surface area (Å²) in [5.41, 5.74) is 1.20. The molecule has 32 heavy (non-hydrogen) atoms. The molecule has 9 heteroatoms. The van der Waals surface area contributed by atoms with Gasteiger partial charge in [0.2, 0.25) is 5.91 Å². The minimum Gasteiger partial charge on any atom is -0.381 e. The minimum absolute atomic E-state index is 0. The Kier molecular flexibility index (Phi) is 15.1. The zero-order chi connectivity index (χ0) is 22.3. The summed E-state index contributed by atoms with van der Waals surface area (Å²) in [6, 6.07) is 10.3. The molecule has 1 aromatic carbocycles. The van der Waals surface area contributed by atoms with E-state index in [1.54, 1.807) is 19.0 Å². The van der Waals surface area contributed by atoms with Crippen LogP contribution in [0.3, 0.4) is 0 Å². The van der Waals surface area contributed by atoms with Crippen LogP contribution in [-0.4, -0.2) is 90.5 Å². The summed E-state index contributed by atoms with van der Waals surface area (Å²) in [6.45, 7) is 5.72. The lowest BCUT2D eigenvalue weighted by Crippen LogP contribution is -2.40. The fourth-order valence-corrected chi connectivity index (χ4v) is 3.14. The number of ether oxygens (including phenoxy) is 2. The van der Waals surface area contributed by atoms with Gasteiger partial charge in [-0.1, -0.05) is 18.2 Å². The van der Waals surface area contributed by atoms with Gasteiger partial charge in [0.1, 0.15) is 6.54 Å². The van der Waals surface area contributed by atoms with Crippen LogP contribution in [0.5, 0.6) is 0 Å². The minimum atomic E-state index is -0.0213. The maximum Gasteiger partial charge on any atom is 0.243 e. The average molecular weight is 562 g/mol. The summed E-state index contributed by atoms with van der Waals surface area (Å²) in [6.07, 6.45) is 2.94. The van der Waals surface area contributed by atoms with Crippen molar-refractivity contribution >= 4 is 41.5 Å². The van der Waals surface area contributed by atoms with Gasteiger partial charge in [0.25, 0.3) is 0 Å². The van der Waals surface area contributed by atoms with Gasteiger partial charge in [-0.2, -0.15) is 0 Å². The Morgan fingerprint density at radius 3 is 2.53 bits per heavy atom. The van der Waals surface area contributed by atoms with Crippen LogP contribution in [0.2, 0.25) is 0 Å². The quantitative estimate of drug-likeness (QED) is 0.167. The molecule has 0 aliphatic carbocycles. The number of carbonyl (C=O) groups is 1. The molecule has 0 bridgehead atoms. The van der Waals surface area contributed by atoms with E-state index in [2.05, 4.69) is 39.7 Å². The maximum atomic E-state index is 11.9. The fraction of sp³-hybridized carbons (Fsp3) is 0.652. The number of rotatable bonds is 13. The van der Waals surface area contributed by atoms with E-state index in [0.29, 0.717) is 18.5 Å².